The van der Waals surface area contributed by atoms with Crippen molar-refractivity contribution in [1.82, 2.24) is 4.90 Å². The first-order chi connectivity index (χ1) is 7.54. The molecule has 3 heteroatoms. The molecule has 1 fully saturated rings. The largest absolute Gasteiger partial charge is 0.480 e. The maximum absolute atomic E-state index is 11.5. The number of carboxylic acids is 1. The Morgan fingerprint density at radius 2 is 2.19 bits per heavy atom. The van der Waals surface area contributed by atoms with Crippen LogP contribution in [0.3, 0.4) is 0 Å². The maximum Gasteiger partial charge on any atom is 0.323 e. The fraction of sp³-hybridized carbons (Fsp3) is 0.923. The quantitative estimate of drug-likeness (QED) is 0.785. The van der Waals surface area contributed by atoms with E-state index in [0.29, 0.717) is 5.92 Å². The lowest BCUT2D eigenvalue weighted by Gasteiger charge is -2.42. The summed E-state index contributed by atoms with van der Waals surface area (Å²) in [5.41, 5.74) is -0.650. The molecule has 94 valence electrons. The molecule has 0 aromatic heterocycles. The highest BCUT2D eigenvalue weighted by Crippen LogP contribution is 2.29. The van der Waals surface area contributed by atoms with E-state index in [4.69, 9.17) is 0 Å². The molecule has 0 aromatic carbocycles. The molecule has 2 unspecified atom stereocenters. The molecule has 1 rings (SSSR count). The second kappa shape index (κ2) is 5.67. The molecular formula is C13H25NO2. The Balaban J connectivity index is 2.74. The predicted molar refractivity (Wildman–Crippen MR) is 65.5 cm³/mol. The van der Waals surface area contributed by atoms with Crippen molar-refractivity contribution in [3.63, 3.8) is 0 Å². The van der Waals surface area contributed by atoms with E-state index in [9.17, 15) is 9.90 Å². The third kappa shape index (κ3) is 2.76. The molecule has 0 amide bonds. The first-order valence-electron chi connectivity index (χ1n) is 6.53. The lowest BCUT2D eigenvalue weighted by atomic mass is 9.87. The summed E-state index contributed by atoms with van der Waals surface area (Å²) in [6, 6.07) is 0. The van der Waals surface area contributed by atoms with Crippen LogP contribution in [0, 0.1) is 5.92 Å². The molecule has 0 saturated carbocycles. The standard InChI is InChI=1S/C13H25NO2/c1-4-8-13(3,12(15)16)14-9-6-7-11(5-2)10-14/h11H,4-10H2,1-3H3,(H,15,16). The van der Waals surface area contributed by atoms with Crippen molar-refractivity contribution >= 4 is 5.97 Å². The average molecular weight is 227 g/mol. The third-order valence-corrected chi connectivity index (χ3v) is 3.99. The van der Waals surface area contributed by atoms with Crippen LogP contribution in [0.4, 0.5) is 0 Å². The van der Waals surface area contributed by atoms with Gasteiger partial charge in [-0.2, -0.15) is 0 Å². The van der Waals surface area contributed by atoms with Gasteiger partial charge in [-0.3, -0.25) is 9.69 Å². The minimum Gasteiger partial charge on any atom is -0.480 e. The minimum absolute atomic E-state index is 0.650. The Bertz CT molecular complexity index is 242. The van der Waals surface area contributed by atoms with Crippen LogP contribution in [0.2, 0.25) is 0 Å². The molecule has 0 radical (unpaired) electrons. The van der Waals surface area contributed by atoms with Crippen molar-refractivity contribution in [1.29, 1.82) is 0 Å². The number of hydrogen-bond acceptors (Lipinski definition) is 2. The van der Waals surface area contributed by atoms with E-state index in [-0.39, 0.29) is 0 Å². The van der Waals surface area contributed by atoms with Crippen LogP contribution >= 0.6 is 0 Å². The SMILES string of the molecule is CCCC(C)(C(=O)O)N1CCCC(CC)C1. The Kier molecular flexibility index (Phi) is 4.78. The highest BCUT2D eigenvalue weighted by Gasteiger charge is 2.40. The number of carbonyl (C=O) groups is 1. The fourth-order valence-corrected chi connectivity index (χ4v) is 2.73. The van der Waals surface area contributed by atoms with E-state index in [1.165, 1.54) is 12.8 Å². The Morgan fingerprint density at radius 1 is 1.50 bits per heavy atom. The second-order valence-electron chi connectivity index (χ2n) is 5.19. The zero-order chi connectivity index (χ0) is 12.2. The highest BCUT2D eigenvalue weighted by atomic mass is 16.4. The maximum atomic E-state index is 11.5. The molecule has 1 aliphatic rings. The van der Waals surface area contributed by atoms with E-state index in [1.54, 1.807) is 0 Å². The van der Waals surface area contributed by atoms with Crippen LogP contribution in [-0.2, 0) is 4.79 Å². The zero-order valence-corrected chi connectivity index (χ0v) is 10.8. The van der Waals surface area contributed by atoms with Crippen LogP contribution in [0.25, 0.3) is 0 Å². The first kappa shape index (κ1) is 13.5. The molecule has 1 heterocycles. The van der Waals surface area contributed by atoms with Crippen LogP contribution in [0.15, 0.2) is 0 Å². The molecule has 1 saturated heterocycles. The summed E-state index contributed by atoms with van der Waals surface area (Å²) in [6.45, 7) is 8.05. The summed E-state index contributed by atoms with van der Waals surface area (Å²) < 4.78 is 0. The van der Waals surface area contributed by atoms with Crippen molar-refractivity contribution < 1.29 is 9.90 Å². The average Bonchev–Trinajstić information content (AvgIpc) is 2.29. The molecule has 0 bridgehead atoms. The summed E-state index contributed by atoms with van der Waals surface area (Å²) in [5.74, 6) is 0.0235. The number of nitrogens with zero attached hydrogens (tertiary/aromatic N) is 1. The highest BCUT2D eigenvalue weighted by molar-refractivity contribution is 5.78. The third-order valence-electron chi connectivity index (χ3n) is 3.99. The van der Waals surface area contributed by atoms with Crippen molar-refractivity contribution in [2.75, 3.05) is 13.1 Å². The minimum atomic E-state index is -0.661. The van der Waals surface area contributed by atoms with Gasteiger partial charge in [0.05, 0.1) is 0 Å². The van der Waals surface area contributed by atoms with Gasteiger partial charge in [0.15, 0.2) is 0 Å². The van der Waals surface area contributed by atoms with Gasteiger partial charge in [-0.25, -0.2) is 0 Å². The van der Waals surface area contributed by atoms with Gasteiger partial charge >= 0.3 is 5.97 Å². The number of carboxylic acid groups (broad SMARTS) is 1. The molecule has 1 N–H and O–H groups in total. The summed E-state index contributed by atoms with van der Waals surface area (Å²) in [6.07, 6.45) is 5.24. The van der Waals surface area contributed by atoms with Gasteiger partial charge in [-0.15, -0.1) is 0 Å². The smallest absolute Gasteiger partial charge is 0.323 e. The number of aliphatic carboxylic acids is 1. The fourth-order valence-electron chi connectivity index (χ4n) is 2.73. The Morgan fingerprint density at radius 3 is 2.69 bits per heavy atom. The molecule has 2 atom stereocenters. The van der Waals surface area contributed by atoms with E-state index < -0.39 is 11.5 Å². The zero-order valence-electron chi connectivity index (χ0n) is 10.8. The van der Waals surface area contributed by atoms with Gasteiger partial charge in [-0.1, -0.05) is 26.7 Å². The lowest BCUT2D eigenvalue weighted by Crippen LogP contribution is -2.55. The summed E-state index contributed by atoms with van der Waals surface area (Å²) in [4.78, 5) is 13.7. The molecule has 0 spiro atoms. The molecule has 0 aromatic rings. The van der Waals surface area contributed by atoms with E-state index in [0.717, 1.165) is 32.4 Å². The number of piperidine rings is 1. The molecule has 16 heavy (non-hydrogen) atoms. The topological polar surface area (TPSA) is 40.5 Å². The summed E-state index contributed by atoms with van der Waals surface area (Å²) >= 11 is 0. The van der Waals surface area contributed by atoms with Gasteiger partial charge in [0.1, 0.15) is 5.54 Å². The van der Waals surface area contributed by atoms with Gasteiger partial charge < -0.3 is 5.11 Å². The molecule has 3 nitrogen and oxygen atoms in total. The summed E-state index contributed by atoms with van der Waals surface area (Å²) in [7, 11) is 0. The molecular weight excluding hydrogens is 202 g/mol. The summed E-state index contributed by atoms with van der Waals surface area (Å²) in [5, 5.41) is 9.43. The Labute approximate surface area is 98.8 Å². The predicted octanol–water partition coefficient (Wildman–Crippen LogP) is 2.75. The van der Waals surface area contributed by atoms with Crippen LogP contribution in [-0.4, -0.2) is 34.6 Å². The van der Waals surface area contributed by atoms with E-state index in [2.05, 4.69) is 18.7 Å². The number of likely N-dealkylation sites (tertiary alicyclic amines) is 1. The van der Waals surface area contributed by atoms with Crippen molar-refractivity contribution in [3.8, 4) is 0 Å². The monoisotopic (exact) mass is 227 g/mol. The van der Waals surface area contributed by atoms with E-state index >= 15 is 0 Å². The van der Waals surface area contributed by atoms with Crippen molar-refractivity contribution in [3.05, 3.63) is 0 Å². The van der Waals surface area contributed by atoms with Crippen molar-refractivity contribution in [2.45, 2.75) is 58.4 Å². The normalized spacial score (nSPS) is 26.3. The second-order valence-corrected chi connectivity index (χ2v) is 5.19. The van der Waals surface area contributed by atoms with Crippen molar-refractivity contribution in [2.24, 2.45) is 5.92 Å². The first-order valence-corrected chi connectivity index (χ1v) is 6.53. The van der Waals surface area contributed by atoms with Gasteiger partial charge in [0.2, 0.25) is 0 Å². The van der Waals surface area contributed by atoms with Crippen LogP contribution in [0.5, 0.6) is 0 Å². The van der Waals surface area contributed by atoms with Crippen LogP contribution < -0.4 is 0 Å². The Hall–Kier alpha value is -0.570. The molecule has 1 aliphatic heterocycles. The van der Waals surface area contributed by atoms with Crippen LogP contribution in [0.1, 0.15) is 52.9 Å². The number of rotatable bonds is 5. The van der Waals surface area contributed by atoms with Gasteiger partial charge in [0.25, 0.3) is 0 Å². The molecule has 0 aliphatic carbocycles. The lowest BCUT2D eigenvalue weighted by molar-refractivity contribution is -0.152. The van der Waals surface area contributed by atoms with E-state index in [1.807, 2.05) is 6.92 Å². The van der Waals surface area contributed by atoms with Gasteiger partial charge in [-0.05, 0) is 38.6 Å². The number of hydrogen-bond donors (Lipinski definition) is 1. The van der Waals surface area contributed by atoms with Gasteiger partial charge in [0, 0.05) is 6.54 Å².